The third kappa shape index (κ3) is 2.77. The van der Waals surface area contributed by atoms with Crippen molar-refractivity contribution in [2.24, 2.45) is 0 Å². The zero-order valence-corrected chi connectivity index (χ0v) is 8.70. The predicted octanol–water partition coefficient (Wildman–Crippen LogP) is 2.51. The first kappa shape index (κ1) is 11.1. The molecule has 0 aliphatic carbocycles. The summed E-state index contributed by atoms with van der Waals surface area (Å²) in [6, 6.07) is 3.54. The second kappa shape index (κ2) is 4.05. The van der Waals surface area contributed by atoms with Gasteiger partial charge in [-0.15, -0.1) is 0 Å². The van der Waals surface area contributed by atoms with Gasteiger partial charge in [-0.3, -0.25) is 0 Å². The molecule has 0 saturated carbocycles. The number of likely N-dealkylation sites (N-methyl/N-ethyl adjacent to an activating group) is 1. The minimum Gasteiger partial charge on any atom is -0.314 e. The van der Waals surface area contributed by atoms with Crippen LogP contribution in [0.15, 0.2) is 18.2 Å². The van der Waals surface area contributed by atoms with Crippen LogP contribution in [-0.4, -0.2) is 12.6 Å². The summed E-state index contributed by atoms with van der Waals surface area (Å²) in [5, 5.41) is 3.05. The Morgan fingerprint density at radius 1 is 1.29 bits per heavy atom. The van der Waals surface area contributed by atoms with Gasteiger partial charge in [-0.2, -0.15) is 0 Å². The van der Waals surface area contributed by atoms with Crippen LogP contribution in [0.1, 0.15) is 19.4 Å². The van der Waals surface area contributed by atoms with Crippen molar-refractivity contribution < 1.29 is 8.78 Å². The van der Waals surface area contributed by atoms with Crippen molar-refractivity contribution in [3.05, 3.63) is 35.4 Å². The molecular formula is C11H15F2N. The molecule has 0 atom stereocenters. The molecule has 0 aliphatic rings. The van der Waals surface area contributed by atoms with Crippen molar-refractivity contribution in [2.75, 3.05) is 7.05 Å². The molecule has 0 bridgehead atoms. The highest BCUT2D eigenvalue weighted by atomic mass is 19.1. The monoisotopic (exact) mass is 199 g/mol. The molecule has 1 rings (SSSR count). The van der Waals surface area contributed by atoms with Gasteiger partial charge in [0.25, 0.3) is 0 Å². The normalized spacial score (nSPS) is 11.8. The predicted molar refractivity (Wildman–Crippen MR) is 53.2 cm³/mol. The molecule has 0 amide bonds. The minimum absolute atomic E-state index is 0.228. The highest BCUT2D eigenvalue weighted by Gasteiger charge is 2.17. The van der Waals surface area contributed by atoms with Gasteiger partial charge in [-0.1, -0.05) is 0 Å². The smallest absolute Gasteiger partial charge is 0.126 e. The molecule has 0 aromatic heterocycles. The Labute approximate surface area is 83.1 Å². The Balaban J connectivity index is 2.91. The molecule has 0 radical (unpaired) electrons. The van der Waals surface area contributed by atoms with Crippen LogP contribution in [0.2, 0.25) is 0 Å². The molecule has 0 spiro atoms. The molecule has 1 aromatic carbocycles. The van der Waals surface area contributed by atoms with Crippen molar-refractivity contribution in [3.8, 4) is 0 Å². The molecule has 0 aliphatic heterocycles. The van der Waals surface area contributed by atoms with E-state index in [1.54, 1.807) is 7.05 Å². The van der Waals surface area contributed by atoms with Gasteiger partial charge in [0, 0.05) is 5.54 Å². The third-order valence-electron chi connectivity index (χ3n) is 2.32. The van der Waals surface area contributed by atoms with Crippen LogP contribution in [0.25, 0.3) is 0 Å². The number of rotatable bonds is 3. The molecule has 0 fully saturated rings. The lowest BCUT2D eigenvalue weighted by molar-refractivity contribution is 0.412. The molecule has 1 aromatic rings. The zero-order chi connectivity index (χ0) is 10.8. The lowest BCUT2D eigenvalue weighted by atomic mass is 9.95. The van der Waals surface area contributed by atoms with E-state index in [-0.39, 0.29) is 11.4 Å². The van der Waals surface area contributed by atoms with Crippen molar-refractivity contribution in [1.29, 1.82) is 0 Å². The first-order chi connectivity index (χ1) is 6.44. The van der Waals surface area contributed by atoms with Gasteiger partial charge in [0.2, 0.25) is 0 Å². The Kier molecular flexibility index (Phi) is 3.21. The van der Waals surface area contributed by atoms with E-state index in [2.05, 4.69) is 5.32 Å². The number of hydrogen-bond acceptors (Lipinski definition) is 1. The number of halogens is 2. The number of nitrogens with one attached hydrogen (secondary N) is 1. The maximum absolute atomic E-state index is 13.2. The SMILES string of the molecule is CNC(C)(C)Cc1cc(F)ccc1F. The standard InChI is InChI=1S/C11H15F2N/c1-11(2,14-3)7-8-6-9(12)4-5-10(8)13/h4-6,14H,7H2,1-3H3. The van der Waals surface area contributed by atoms with Gasteiger partial charge in [0.15, 0.2) is 0 Å². The lowest BCUT2D eigenvalue weighted by Crippen LogP contribution is -2.38. The van der Waals surface area contributed by atoms with Crippen molar-refractivity contribution in [1.82, 2.24) is 5.32 Å². The van der Waals surface area contributed by atoms with E-state index in [0.717, 1.165) is 12.1 Å². The van der Waals surface area contributed by atoms with Crippen LogP contribution in [-0.2, 0) is 6.42 Å². The van der Waals surface area contributed by atoms with E-state index >= 15 is 0 Å². The second-order valence-electron chi connectivity index (χ2n) is 4.05. The highest BCUT2D eigenvalue weighted by molar-refractivity contribution is 5.20. The molecule has 1 N–H and O–H groups in total. The fraction of sp³-hybridized carbons (Fsp3) is 0.455. The Bertz CT molecular complexity index is 321. The van der Waals surface area contributed by atoms with E-state index in [1.807, 2.05) is 13.8 Å². The minimum atomic E-state index is -0.395. The van der Waals surface area contributed by atoms with Crippen LogP contribution >= 0.6 is 0 Å². The largest absolute Gasteiger partial charge is 0.314 e. The Morgan fingerprint density at radius 2 is 1.93 bits per heavy atom. The third-order valence-corrected chi connectivity index (χ3v) is 2.32. The summed E-state index contributed by atoms with van der Waals surface area (Å²) in [7, 11) is 1.80. The van der Waals surface area contributed by atoms with Gasteiger partial charge < -0.3 is 5.32 Å². The van der Waals surface area contributed by atoms with Crippen molar-refractivity contribution in [3.63, 3.8) is 0 Å². The van der Waals surface area contributed by atoms with Gasteiger partial charge in [0.1, 0.15) is 11.6 Å². The molecule has 0 unspecified atom stereocenters. The molecule has 14 heavy (non-hydrogen) atoms. The average molecular weight is 199 g/mol. The maximum atomic E-state index is 13.2. The first-order valence-electron chi connectivity index (χ1n) is 4.57. The van der Waals surface area contributed by atoms with Gasteiger partial charge in [-0.05, 0) is 51.1 Å². The molecule has 3 heteroatoms. The van der Waals surface area contributed by atoms with Crippen molar-refractivity contribution in [2.45, 2.75) is 25.8 Å². The fourth-order valence-electron chi connectivity index (χ4n) is 1.24. The van der Waals surface area contributed by atoms with Crippen LogP contribution in [0, 0.1) is 11.6 Å². The van der Waals surface area contributed by atoms with Crippen LogP contribution in [0.5, 0.6) is 0 Å². The summed E-state index contributed by atoms with van der Waals surface area (Å²) in [6.07, 6.45) is 0.465. The maximum Gasteiger partial charge on any atom is 0.126 e. The Hall–Kier alpha value is -0.960. The molecule has 1 nitrogen and oxygen atoms in total. The summed E-state index contributed by atoms with van der Waals surface area (Å²) >= 11 is 0. The topological polar surface area (TPSA) is 12.0 Å². The van der Waals surface area contributed by atoms with E-state index in [9.17, 15) is 8.78 Å². The summed E-state index contributed by atoms with van der Waals surface area (Å²) in [5.74, 6) is -0.747. The van der Waals surface area contributed by atoms with Crippen LogP contribution in [0.4, 0.5) is 8.78 Å². The van der Waals surface area contributed by atoms with Crippen LogP contribution in [0.3, 0.4) is 0 Å². The molecule has 0 heterocycles. The second-order valence-corrected chi connectivity index (χ2v) is 4.05. The van der Waals surface area contributed by atoms with Crippen molar-refractivity contribution >= 4 is 0 Å². The summed E-state index contributed by atoms with van der Waals surface area (Å²) in [5.41, 5.74) is 0.179. The van der Waals surface area contributed by atoms with E-state index in [4.69, 9.17) is 0 Å². The van der Waals surface area contributed by atoms with Crippen LogP contribution < -0.4 is 5.32 Å². The highest BCUT2D eigenvalue weighted by Crippen LogP contribution is 2.16. The Morgan fingerprint density at radius 3 is 2.50 bits per heavy atom. The molecule has 0 saturated heterocycles. The van der Waals surface area contributed by atoms with E-state index in [1.165, 1.54) is 6.07 Å². The lowest BCUT2D eigenvalue weighted by Gasteiger charge is -2.24. The average Bonchev–Trinajstić information content (AvgIpc) is 2.11. The van der Waals surface area contributed by atoms with E-state index < -0.39 is 5.82 Å². The fourth-order valence-corrected chi connectivity index (χ4v) is 1.24. The van der Waals surface area contributed by atoms with Gasteiger partial charge in [0.05, 0.1) is 0 Å². The number of benzene rings is 1. The molecule has 78 valence electrons. The molecular weight excluding hydrogens is 184 g/mol. The summed E-state index contributed by atoms with van der Waals surface area (Å²) < 4.78 is 26.1. The summed E-state index contributed by atoms with van der Waals surface area (Å²) in [4.78, 5) is 0. The first-order valence-corrected chi connectivity index (χ1v) is 4.57. The summed E-state index contributed by atoms with van der Waals surface area (Å²) in [6.45, 7) is 3.88. The number of hydrogen-bond donors (Lipinski definition) is 1. The zero-order valence-electron chi connectivity index (χ0n) is 8.70. The quantitative estimate of drug-likeness (QED) is 0.788. The van der Waals surface area contributed by atoms with E-state index in [0.29, 0.717) is 12.0 Å². The van der Waals surface area contributed by atoms with Gasteiger partial charge >= 0.3 is 0 Å². The van der Waals surface area contributed by atoms with Gasteiger partial charge in [-0.25, -0.2) is 8.78 Å².